The van der Waals surface area contributed by atoms with Crippen molar-refractivity contribution in [1.29, 1.82) is 0 Å². The number of hydrogen-bond acceptors (Lipinski definition) is 3. The van der Waals surface area contributed by atoms with E-state index in [9.17, 15) is 8.42 Å². The van der Waals surface area contributed by atoms with Crippen molar-refractivity contribution in [2.45, 2.75) is 4.90 Å². The molecular weight excluding hydrogens is 344 g/mol. The molecule has 0 saturated heterocycles. The van der Waals surface area contributed by atoms with Crippen molar-refractivity contribution in [1.82, 2.24) is 0 Å². The number of rotatable bonds is 2. The van der Waals surface area contributed by atoms with Crippen molar-refractivity contribution in [2.24, 2.45) is 0 Å². The summed E-state index contributed by atoms with van der Waals surface area (Å²) in [5.74, 6) is 0. The molecular formula is C19H13ClO3S. The van der Waals surface area contributed by atoms with Gasteiger partial charge in [-0.3, -0.25) is 4.18 Å². The third-order valence-corrected chi connectivity index (χ3v) is 6.02. The summed E-state index contributed by atoms with van der Waals surface area (Å²) in [4.78, 5) is 0.0132. The Labute approximate surface area is 144 Å². The number of halogens is 1. The molecule has 0 unspecified atom stereocenters. The standard InChI is InChI=1S/C19H13ClO3S/c1-23-24(21,22)19-17-11-16-9-13-5-3-2-4-12(13)8-15(16)10-14(17)6-7-18(19)20/h2-11H,1H3. The van der Waals surface area contributed by atoms with E-state index >= 15 is 0 Å². The first-order chi connectivity index (χ1) is 11.5. The summed E-state index contributed by atoms with van der Waals surface area (Å²) in [6, 6.07) is 19.5. The summed E-state index contributed by atoms with van der Waals surface area (Å²) in [5, 5.41) is 5.76. The molecule has 0 aromatic heterocycles. The van der Waals surface area contributed by atoms with E-state index in [4.69, 9.17) is 11.6 Å². The molecule has 0 saturated carbocycles. The minimum absolute atomic E-state index is 0.0132. The van der Waals surface area contributed by atoms with Crippen molar-refractivity contribution in [2.75, 3.05) is 7.11 Å². The summed E-state index contributed by atoms with van der Waals surface area (Å²) in [6.07, 6.45) is 0. The molecule has 5 heteroatoms. The Bertz CT molecular complexity index is 1210. The van der Waals surface area contributed by atoms with Crippen LogP contribution in [0.3, 0.4) is 0 Å². The highest BCUT2D eigenvalue weighted by molar-refractivity contribution is 7.87. The molecule has 0 aliphatic carbocycles. The van der Waals surface area contributed by atoms with Gasteiger partial charge in [-0.05, 0) is 57.3 Å². The summed E-state index contributed by atoms with van der Waals surface area (Å²) in [7, 11) is -2.76. The Morgan fingerprint density at radius 3 is 2.00 bits per heavy atom. The average molecular weight is 357 g/mol. The van der Waals surface area contributed by atoms with Gasteiger partial charge in [-0.1, -0.05) is 41.9 Å². The molecule has 0 amide bonds. The van der Waals surface area contributed by atoms with Gasteiger partial charge in [0.2, 0.25) is 0 Å². The van der Waals surface area contributed by atoms with Gasteiger partial charge in [0.1, 0.15) is 4.90 Å². The lowest BCUT2D eigenvalue weighted by Crippen LogP contribution is -2.04. The highest BCUT2D eigenvalue weighted by Gasteiger charge is 2.21. The van der Waals surface area contributed by atoms with Crippen LogP contribution < -0.4 is 0 Å². The molecule has 0 radical (unpaired) electrons. The van der Waals surface area contributed by atoms with Crippen molar-refractivity contribution < 1.29 is 12.6 Å². The van der Waals surface area contributed by atoms with Crippen molar-refractivity contribution in [3.63, 3.8) is 0 Å². The Morgan fingerprint density at radius 1 is 0.792 bits per heavy atom. The van der Waals surface area contributed by atoms with E-state index in [1.54, 1.807) is 6.07 Å². The molecule has 0 fully saturated rings. The van der Waals surface area contributed by atoms with Gasteiger partial charge in [0, 0.05) is 5.39 Å². The minimum atomic E-state index is -3.90. The molecule has 0 spiro atoms. The molecule has 0 aliphatic heterocycles. The molecule has 0 atom stereocenters. The normalized spacial score (nSPS) is 12.2. The third-order valence-electron chi connectivity index (χ3n) is 4.21. The molecule has 120 valence electrons. The molecule has 24 heavy (non-hydrogen) atoms. The van der Waals surface area contributed by atoms with E-state index in [1.807, 2.05) is 42.5 Å². The maximum absolute atomic E-state index is 12.3. The Kier molecular flexibility index (Phi) is 3.49. The fourth-order valence-corrected chi connectivity index (χ4v) is 4.42. The molecule has 4 aromatic rings. The monoisotopic (exact) mass is 356 g/mol. The zero-order chi connectivity index (χ0) is 16.9. The second-order valence-electron chi connectivity index (χ2n) is 5.62. The van der Waals surface area contributed by atoms with Crippen LogP contribution in [0.4, 0.5) is 0 Å². The lowest BCUT2D eigenvalue weighted by Gasteiger charge is -2.10. The predicted molar refractivity (Wildman–Crippen MR) is 98.2 cm³/mol. The minimum Gasteiger partial charge on any atom is -0.270 e. The molecule has 4 aromatic carbocycles. The molecule has 0 bridgehead atoms. The van der Waals surface area contributed by atoms with Gasteiger partial charge in [0.15, 0.2) is 0 Å². The number of fused-ring (bicyclic) bond motifs is 3. The van der Waals surface area contributed by atoms with Crippen LogP contribution in [0.5, 0.6) is 0 Å². The Balaban J connectivity index is 2.16. The van der Waals surface area contributed by atoms with E-state index < -0.39 is 10.1 Å². The summed E-state index contributed by atoms with van der Waals surface area (Å²) in [5.41, 5.74) is 0. The zero-order valence-corrected chi connectivity index (χ0v) is 14.4. The third kappa shape index (κ3) is 2.35. The van der Waals surface area contributed by atoms with E-state index in [2.05, 4.69) is 16.3 Å². The molecule has 3 nitrogen and oxygen atoms in total. The first-order valence-electron chi connectivity index (χ1n) is 7.35. The highest BCUT2D eigenvalue weighted by atomic mass is 35.5. The van der Waals surface area contributed by atoms with Crippen molar-refractivity contribution in [3.05, 3.63) is 65.7 Å². The van der Waals surface area contributed by atoms with E-state index in [0.717, 1.165) is 34.0 Å². The lowest BCUT2D eigenvalue weighted by molar-refractivity contribution is 0.398. The van der Waals surface area contributed by atoms with Crippen LogP contribution in [0.2, 0.25) is 5.02 Å². The summed E-state index contributed by atoms with van der Waals surface area (Å²) in [6.45, 7) is 0. The maximum atomic E-state index is 12.3. The lowest BCUT2D eigenvalue weighted by atomic mass is 10.00. The molecule has 0 aliphatic rings. The van der Waals surface area contributed by atoms with Gasteiger partial charge in [-0.2, -0.15) is 8.42 Å². The maximum Gasteiger partial charge on any atom is 0.298 e. The molecule has 4 rings (SSSR count). The average Bonchev–Trinajstić information content (AvgIpc) is 2.58. The largest absolute Gasteiger partial charge is 0.298 e. The molecule has 0 heterocycles. The van der Waals surface area contributed by atoms with Gasteiger partial charge in [-0.25, -0.2) is 0 Å². The van der Waals surface area contributed by atoms with Crippen molar-refractivity contribution in [3.8, 4) is 0 Å². The van der Waals surface area contributed by atoms with Crippen LogP contribution in [-0.4, -0.2) is 15.5 Å². The van der Waals surface area contributed by atoms with E-state index in [1.165, 1.54) is 0 Å². The van der Waals surface area contributed by atoms with Gasteiger partial charge < -0.3 is 0 Å². The van der Waals surface area contributed by atoms with E-state index in [0.29, 0.717) is 5.39 Å². The van der Waals surface area contributed by atoms with Crippen LogP contribution in [0.15, 0.2) is 65.6 Å². The quantitative estimate of drug-likeness (QED) is 0.369. The predicted octanol–water partition coefficient (Wildman–Crippen LogP) is 5.13. The van der Waals surface area contributed by atoms with Gasteiger partial charge in [0.25, 0.3) is 10.1 Å². The van der Waals surface area contributed by atoms with Crippen LogP contribution in [-0.2, 0) is 14.3 Å². The zero-order valence-electron chi connectivity index (χ0n) is 12.8. The first kappa shape index (κ1) is 15.4. The number of hydrogen-bond donors (Lipinski definition) is 0. The smallest absolute Gasteiger partial charge is 0.270 e. The van der Waals surface area contributed by atoms with Crippen LogP contribution in [0.25, 0.3) is 32.3 Å². The van der Waals surface area contributed by atoms with Gasteiger partial charge in [-0.15, -0.1) is 0 Å². The fourth-order valence-electron chi connectivity index (χ4n) is 3.05. The first-order valence-corrected chi connectivity index (χ1v) is 9.14. The number of benzene rings is 4. The Hall–Kier alpha value is -2.14. The summed E-state index contributed by atoms with van der Waals surface area (Å²) < 4.78 is 29.2. The van der Waals surface area contributed by atoms with Crippen LogP contribution in [0, 0.1) is 0 Å². The second-order valence-corrected chi connectivity index (χ2v) is 7.67. The van der Waals surface area contributed by atoms with Gasteiger partial charge >= 0.3 is 0 Å². The van der Waals surface area contributed by atoms with Gasteiger partial charge in [0.05, 0.1) is 12.1 Å². The van der Waals surface area contributed by atoms with Crippen LogP contribution in [0.1, 0.15) is 0 Å². The topological polar surface area (TPSA) is 43.4 Å². The fraction of sp³-hybridized carbons (Fsp3) is 0.0526. The van der Waals surface area contributed by atoms with Crippen molar-refractivity contribution >= 4 is 54.0 Å². The summed E-state index contributed by atoms with van der Waals surface area (Å²) >= 11 is 6.15. The molecule has 0 N–H and O–H groups in total. The highest BCUT2D eigenvalue weighted by Crippen LogP contribution is 2.35. The second kappa shape index (κ2) is 5.45. The SMILES string of the molecule is COS(=O)(=O)c1c(Cl)ccc2cc3cc4ccccc4cc3cc12. The Morgan fingerprint density at radius 2 is 1.38 bits per heavy atom. The van der Waals surface area contributed by atoms with Crippen LogP contribution >= 0.6 is 11.6 Å². The van der Waals surface area contributed by atoms with E-state index in [-0.39, 0.29) is 9.92 Å².